The lowest BCUT2D eigenvalue weighted by atomic mass is 10.3. The maximum Gasteiger partial charge on any atom is 0.316 e. The first-order valence-electron chi connectivity index (χ1n) is 4.52. The normalized spacial score (nSPS) is 12.7. The quantitative estimate of drug-likeness (QED) is 0.818. The Bertz CT molecular complexity index is 306. The van der Waals surface area contributed by atoms with Crippen molar-refractivity contribution in [3.8, 4) is 0 Å². The number of thioether (sulfide) groups is 1. The van der Waals surface area contributed by atoms with E-state index < -0.39 is 5.97 Å². The highest BCUT2D eigenvalue weighted by atomic mass is 32.2. The third-order valence-electron chi connectivity index (χ3n) is 2.03. The van der Waals surface area contributed by atoms with E-state index in [4.69, 9.17) is 9.52 Å². The Kier molecular flexibility index (Phi) is 4.07. The largest absolute Gasteiger partial charge is 0.480 e. The van der Waals surface area contributed by atoms with Gasteiger partial charge in [-0.3, -0.25) is 4.79 Å². The number of hydrogen-bond acceptors (Lipinski definition) is 3. The lowest BCUT2D eigenvalue weighted by Gasteiger charge is -2.07. The zero-order chi connectivity index (χ0) is 10.6. The van der Waals surface area contributed by atoms with E-state index in [9.17, 15) is 4.79 Å². The molecule has 0 amide bonds. The molecule has 1 aromatic heterocycles. The molecule has 1 rings (SSSR count). The molecule has 14 heavy (non-hydrogen) atoms. The van der Waals surface area contributed by atoms with Gasteiger partial charge in [0.1, 0.15) is 11.0 Å². The molecule has 0 fully saturated rings. The fraction of sp³-hybridized carbons (Fsp3) is 0.500. The van der Waals surface area contributed by atoms with Crippen molar-refractivity contribution < 1.29 is 14.3 Å². The summed E-state index contributed by atoms with van der Waals surface area (Å²) in [6, 6.07) is 1.89. The summed E-state index contributed by atoms with van der Waals surface area (Å²) in [6.07, 6.45) is 2.27. The molecule has 0 aliphatic rings. The van der Waals surface area contributed by atoms with Crippen molar-refractivity contribution in [1.82, 2.24) is 0 Å². The molecule has 1 unspecified atom stereocenters. The maximum absolute atomic E-state index is 10.7. The number of carbonyl (C=O) groups is 1. The first-order valence-corrected chi connectivity index (χ1v) is 5.57. The van der Waals surface area contributed by atoms with Crippen LogP contribution in [0.25, 0.3) is 0 Å². The van der Waals surface area contributed by atoms with E-state index in [2.05, 4.69) is 0 Å². The first-order chi connectivity index (χ1) is 6.65. The summed E-state index contributed by atoms with van der Waals surface area (Å²) in [5.74, 6) is 0.750. The van der Waals surface area contributed by atoms with E-state index in [0.29, 0.717) is 12.2 Å². The van der Waals surface area contributed by atoms with Gasteiger partial charge in [-0.25, -0.2) is 0 Å². The third-order valence-corrected chi connectivity index (χ3v) is 3.40. The van der Waals surface area contributed by atoms with Crippen molar-refractivity contribution in [3.63, 3.8) is 0 Å². The van der Waals surface area contributed by atoms with Crippen LogP contribution in [0.5, 0.6) is 0 Å². The molecule has 0 aliphatic carbocycles. The number of carboxylic acid groups (broad SMARTS) is 1. The fourth-order valence-corrected chi connectivity index (χ4v) is 2.12. The van der Waals surface area contributed by atoms with Crippen molar-refractivity contribution in [2.75, 3.05) is 0 Å². The molecule has 0 radical (unpaired) electrons. The monoisotopic (exact) mass is 214 g/mol. The molecule has 78 valence electrons. The van der Waals surface area contributed by atoms with Crippen molar-refractivity contribution >= 4 is 17.7 Å². The van der Waals surface area contributed by atoms with Gasteiger partial charge in [0.2, 0.25) is 0 Å². The third kappa shape index (κ3) is 2.80. The Morgan fingerprint density at radius 1 is 1.71 bits per heavy atom. The molecular weight excluding hydrogens is 200 g/mol. The lowest BCUT2D eigenvalue weighted by molar-refractivity contribution is -0.136. The Balaban J connectivity index is 2.47. The fourth-order valence-electron chi connectivity index (χ4n) is 1.09. The Morgan fingerprint density at radius 3 is 2.86 bits per heavy atom. The smallest absolute Gasteiger partial charge is 0.316 e. The molecule has 1 N–H and O–H groups in total. The second-order valence-electron chi connectivity index (χ2n) is 3.07. The lowest BCUT2D eigenvalue weighted by Crippen LogP contribution is -2.15. The summed E-state index contributed by atoms with van der Waals surface area (Å²) in [6.45, 7) is 3.84. The van der Waals surface area contributed by atoms with Crippen LogP contribution in [-0.2, 0) is 10.5 Å². The number of furan rings is 1. The Labute approximate surface area is 87.5 Å². The first kappa shape index (κ1) is 11.2. The van der Waals surface area contributed by atoms with Gasteiger partial charge in [-0.15, -0.1) is 11.8 Å². The van der Waals surface area contributed by atoms with Crippen molar-refractivity contribution in [1.29, 1.82) is 0 Å². The van der Waals surface area contributed by atoms with Crippen LogP contribution in [0.4, 0.5) is 0 Å². The van der Waals surface area contributed by atoms with Crippen molar-refractivity contribution in [2.45, 2.75) is 31.3 Å². The molecule has 0 saturated heterocycles. The van der Waals surface area contributed by atoms with Crippen LogP contribution >= 0.6 is 11.8 Å². The zero-order valence-electron chi connectivity index (χ0n) is 8.32. The van der Waals surface area contributed by atoms with Gasteiger partial charge >= 0.3 is 5.97 Å². The van der Waals surface area contributed by atoms with E-state index in [1.165, 1.54) is 11.8 Å². The van der Waals surface area contributed by atoms with Crippen LogP contribution in [0.3, 0.4) is 0 Å². The van der Waals surface area contributed by atoms with E-state index in [1.54, 1.807) is 6.26 Å². The highest BCUT2D eigenvalue weighted by Crippen LogP contribution is 2.22. The van der Waals surface area contributed by atoms with E-state index in [-0.39, 0.29) is 5.25 Å². The number of aryl methyl sites for hydroxylation is 1. The van der Waals surface area contributed by atoms with Crippen LogP contribution in [-0.4, -0.2) is 16.3 Å². The van der Waals surface area contributed by atoms with Gasteiger partial charge in [0.25, 0.3) is 0 Å². The Morgan fingerprint density at radius 2 is 2.43 bits per heavy atom. The average Bonchev–Trinajstić information content (AvgIpc) is 2.52. The van der Waals surface area contributed by atoms with Crippen LogP contribution in [0, 0.1) is 6.92 Å². The van der Waals surface area contributed by atoms with Crippen molar-refractivity contribution in [3.05, 3.63) is 23.7 Å². The molecule has 4 heteroatoms. The number of carboxylic acids is 1. The summed E-state index contributed by atoms with van der Waals surface area (Å²) in [4.78, 5) is 10.7. The molecule has 0 spiro atoms. The molecule has 1 aromatic rings. The molecule has 3 nitrogen and oxygen atoms in total. The van der Waals surface area contributed by atoms with E-state index in [0.717, 1.165) is 11.3 Å². The molecule has 0 saturated carbocycles. The molecule has 1 heterocycles. The van der Waals surface area contributed by atoms with Gasteiger partial charge < -0.3 is 9.52 Å². The number of aliphatic carboxylic acids is 1. The van der Waals surface area contributed by atoms with Crippen LogP contribution in [0.15, 0.2) is 16.7 Å². The summed E-state index contributed by atoms with van der Waals surface area (Å²) in [5, 5.41) is 8.49. The minimum absolute atomic E-state index is 0.334. The molecule has 0 aliphatic heterocycles. The second kappa shape index (κ2) is 5.10. The molecule has 0 aromatic carbocycles. The van der Waals surface area contributed by atoms with Gasteiger partial charge in [-0.1, -0.05) is 6.92 Å². The number of hydrogen-bond donors (Lipinski definition) is 1. The predicted octanol–water partition coefficient (Wildman–Crippen LogP) is 2.68. The molecule has 1 atom stereocenters. The summed E-state index contributed by atoms with van der Waals surface area (Å²) in [5.41, 5.74) is 1.08. The maximum atomic E-state index is 10.7. The second-order valence-corrected chi connectivity index (χ2v) is 4.26. The standard InChI is InChI=1S/C10H14O3S/c1-3-9(10(11)12)14-6-8-7(2)4-5-13-8/h4-5,9H,3,6H2,1-2H3,(H,11,12). The van der Waals surface area contributed by atoms with Crippen molar-refractivity contribution in [2.24, 2.45) is 0 Å². The summed E-state index contributed by atoms with van der Waals surface area (Å²) < 4.78 is 5.23. The van der Waals surface area contributed by atoms with E-state index in [1.807, 2.05) is 19.9 Å². The number of rotatable bonds is 5. The minimum Gasteiger partial charge on any atom is -0.480 e. The minimum atomic E-state index is -0.748. The van der Waals surface area contributed by atoms with Gasteiger partial charge in [-0.05, 0) is 25.0 Å². The van der Waals surface area contributed by atoms with Gasteiger partial charge in [0.05, 0.1) is 12.0 Å². The van der Waals surface area contributed by atoms with Crippen LogP contribution < -0.4 is 0 Å². The molecule has 0 bridgehead atoms. The van der Waals surface area contributed by atoms with E-state index >= 15 is 0 Å². The Hall–Kier alpha value is -0.900. The highest BCUT2D eigenvalue weighted by molar-refractivity contribution is 7.99. The topological polar surface area (TPSA) is 50.4 Å². The predicted molar refractivity (Wildman–Crippen MR) is 56.5 cm³/mol. The summed E-state index contributed by atoms with van der Waals surface area (Å²) >= 11 is 1.41. The molecular formula is C10H14O3S. The van der Waals surface area contributed by atoms with Gasteiger partial charge in [0, 0.05) is 0 Å². The summed E-state index contributed by atoms with van der Waals surface area (Å²) in [7, 11) is 0. The zero-order valence-corrected chi connectivity index (χ0v) is 9.13. The van der Waals surface area contributed by atoms with Crippen LogP contribution in [0.2, 0.25) is 0 Å². The average molecular weight is 214 g/mol. The SMILES string of the molecule is CCC(SCc1occc1C)C(=O)O. The van der Waals surface area contributed by atoms with Crippen LogP contribution in [0.1, 0.15) is 24.7 Å². The van der Waals surface area contributed by atoms with Gasteiger partial charge in [0.15, 0.2) is 0 Å². The highest BCUT2D eigenvalue weighted by Gasteiger charge is 2.16. The van der Waals surface area contributed by atoms with Gasteiger partial charge in [-0.2, -0.15) is 0 Å².